The molecule has 124 valence electrons. The Morgan fingerprint density at radius 3 is 2.27 bits per heavy atom. The third-order valence-electron chi connectivity index (χ3n) is 3.36. The molecule has 1 amide bonds. The number of hydrogen-bond donors (Lipinski definition) is 1. The summed E-state index contributed by atoms with van der Waals surface area (Å²) in [5.74, 6) is -0.0916. The fraction of sp³-hybridized carbons (Fsp3) is 0.533. The fourth-order valence-corrected chi connectivity index (χ4v) is 3.30. The molecule has 0 saturated carbocycles. The van der Waals surface area contributed by atoms with Crippen LogP contribution in [0.25, 0.3) is 0 Å². The SMILES string of the molecule is CCN(CC)S(=O)(=O)NCCC(=O)N(C)Cc1ccccc1. The van der Waals surface area contributed by atoms with E-state index in [1.54, 1.807) is 25.8 Å². The van der Waals surface area contributed by atoms with Crippen molar-refractivity contribution in [3.8, 4) is 0 Å². The molecule has 0 aliphatic rings. The summed E-state index contributed by atoms with van der Waals surface area (Å²) in [7, 11) is -1.77. The van der Waals surface area contributed by atoms with Crippen molar-refractivity contribution in [2.75, 3.05) is 26.7 Å². The highest BCUT2D eigenvalue weighted by Gasteiger charge is 2.18. The lowest BCUT2D eigenvalue weighted by Gasteiger charge is -2.20. The Balaban J connectivity index is 2.43. The summed E-state index contributed by atoms with van der Waals surface area (Å²) in [6, 6.07) is 9.67. The van der Waals surface area contributed by atoms with Gasteiger partial charge in [-0.25, -0.2) is 4.72 Å². The average Bonchev–Trinajstić information content (AvgIpc) is 2.48. The molecule has 0 heterocycles. The molecule has 1 N–H and O–H groups in total. The van der Waals surface area contributed by atoms with E-state index in [0.29, 0.717) is 19.6 Å². The molecular formula is C15H25N3O3S. The van der Waals surface area contributed by atoms with Crippen LogP contribution in [0.15, 0.2) is 30.3 Å². The first-order chi connectivity index (χ1) is 10.4. The first kappa shape index (κ1) is 18.6. The van der Waals surface area contributed by atoms with Crippen molar-refractivity contribution in [2.45, 2.75) is 26.8 Å². The molecule has 0 saturated heterocycles. The van der Waals surface area contributed by atoms with E-state index in [4.69, 9.17) is 0 Å². The molecule has 0 atom stereocenters. The Kier molecular flexibility index (Phi) is 7.50. The highest BCUT2D eigenvalue weighted by Crippen LogP contribution is 2.04. The predicted molar refractivity (Wildman–Crippen MR) is 87.4 cm³/mol. The van der Waals surface area contributed by atoms with Gasteiger partial charge in [-0.2, -0.15) is 12.7 Å². The van der Waals surface area contributed by atoms with Gasteiger partial charge in [0.1, 0.15) is 0 Å². The Morgan fingerprint density at radius 1 is 1.14 bits per heavy atom. The Bertz CT molecular complexity index is 557. The van der Waals surface area contributed by atoms with Crippen LogP contribution in [-0.4, -0.2) is 50.2 Å². The van der Waals surface area contributed by atoms with Gasteiger partial charge in [0.25, 0.3) is 10.2 Å². The van der Waals surface area contributed by atoms with Gasteiger partial charge in [0, 0.05) is 39.6 Å². The van der Waals surface area contributed by atoms with Gasteiger partial charge in [-0.1, -0.05) is 44.2 Å². The van der Waals surface area contributed by atoms with Crippen molar-refractivity contribution in [1.29, 1.82) is 0 Å². The minimum atomic E-state index is -3.49. The summed E-state index contributed by atoms with van der Waals surface area (Å²) < 4.78 is 27.6. The van der Waals surface area contributed by atoms with Crippen LogP contribution >= 0.6 is 0 Å². The van der Waals surface area contributed by atoms with Gasteiger partial charge in [-0.15, -0.1) is 0 Å². The van der Waals surface area contributed by atoms with Gasteiger partial charge >= 0.3 is 0 Å². The molecule has 0 spiro atoms. The maximum Gasteiger partial charge on any atom is 0.279 e. The highest BCUT2D eigenvalue weighted by molar-refractivity contribution is 7.87. The molecule has 1 aromatic carbocycles. The standard InChI is InChI=1S/C15H25N3O3S/c1-4-18(5-2)22(20,21)16-12-11-15(19)17(3)13-14-9-7-6-8-10-14/h6-10,16H,4-5,11-13H2,1-3H3. The van der Waals surface area contributed by atoms with Crippen molar-refractivity contribution in [3.05, 3.63) is 35.9 Å². The van der Waals surface area contributed by atoms with Crippen molar-refractivity contribution in [3.63, 3.8) is 0 Å². The summed E-state index contributed by atoms with van der Waals surface area (Å²) in [5.41, 5.74) is 1.04. The number of carbonyl (C=O) groups excluding carboxylic acids is 1. The molecule has 0 fully saturated rings. The third-order valence-corrected chi connectivity index (χ3v) is 5.12. The molecule has 0 aromatic heterocycles. The van der Waals surface area contributed by atoms with Crippen LogP contribution in [-0.2, 0) is 21.5 Å². The predicted octanol–water partition coefficient (Wildman–Crippen LogP) is 1.21. The minimum absolute atomic E-state index is 0.0916. The molecule has 1 rings (SSSR count). The lowest BCUT2D eigenvalue weighted by molar-refractivity contribution is -0.130. The number of amides is 1. The van der Waals surface area contributed by atoms with Gasteiger partial charge in [0.2, 0.25) is 5.91 Å². The number of carbonyl (C=O) groups is 1. The molecule has 0 unspecified atom stereocenters. The molecule has 7 heteroatoms. The van der Waals surface area contributed by atoms with E-state index in [-0.39, 0.29) is 18.9 Å². The normalized spacial score (nSPS) is 11.6. The molecule has 0 radical (unpaired) electrons. The second-order valence-electron chi connectivity index (χ2n) is 4.97. The van der Waals surface area contributed by atoms with E-state index in [0.717, 1.165) is 5.56 Å². The summed E-state index contributed by atoms with van der Waals surface area (Å²) in [4.78, 5) is 13.6. The van der Waals surface area contributed by atoms with E-state index in [2.05, 4.69) is 4.72 Å². The molecule has 6 nitrogen and oxygen atoms in total. The zero-order chi connectivity index (χ0) is 16.6. The van der Waals surface area contributed by atoms with Gasteiger partial charge in [-0.3, -0.25) is 4.79 Å². The topological polar surface area (TPSA) is 69.7 Å². The number of hydrogen-bond acceptors (Lipinski definition) is 3. The third kappa shape index (κ3) is 5.75. The van der Waals surface area contributed by atoms with E-state index in [1.165, 1.54) is 4.31 Å². The van der Waals surface area contributed by atoms with Crippen molar-refractivity contribution in [1.82, 2.24) is 13.9 Å². The Morgan fingerprint density at radius 2 is 1.73 bits per heavy atom. The van der Waals surface area contributed by atoms with E-state index in [1.807, 2.05) is 30.3 Å². The zero-order valence-electron chi connectivity index (χ0n) is 13.4. The summed E-state index contributed by atoms with van der Waals surface area (Å²) in [5, 5.41) is 0. The van der Waals surface area contributed by atoms with Gasteiger partial charge < -0.3 is 4.90 Å². The van der Waals surface area contributed by atoms with Crippen LogP contribution in [0.2, 0.25) is 0 Å². The van der Waals surface area contributed by atoms with E-state index >= 15 is 0 Å². The second-order valence-corrected chi connectivity index (χ2v) is 6.72. The summed E-state index contributed by atoms with van der Waals surface area (Å²) in [6.45, 7) is 5.00. The maximum atomic E-state index is 12.0. The molecule has 1 aromatic rings. The largest absolute Gasteiger partial charge is 0.341 e. The molecule has 0 aliphatic carbocycles. The van der Waals surface area contributed by atoms with Crippen LogP contribution < -0.4 is 4.72 Å². The molecular weight excluding hydrogens is 302 g/mol. The monoisotopic (exact) mass is 327 g/mol. The lowest BCUT2D eigenvalue weighted by Crippen LogP contribution is -2.41. The quantitative estimate of drug-likeness (QED) is 0.741. The smallest absolute Gasteiger partial charge is 0.279 e. The fourth-order valence-electron chi connectivity index (χ4n) is 2.08. The number of nitrogens with zero attached hydrogens (tertiary/aromatic N) is 2. The van der Waals surface area contributed by atoms with Crippen molar-refractivity contribution >= 4 is 16.1 Å². The van der Waals surface area contributed by atoms with Crippen LogP contribution in [0.1, 0.15) is 25.8 Å². The number of rotatable bonds is 9. The van der Waals surface area contributed by atoms with Crippen molar-refractivity contribution < 1.29 is 13.2 Å². The first-order valence-electron chi connectivity index (χ1n) is 7.43. The zero-order valence-corrected chi connectivity index (χ0v) is 14.3. The number of nitrogens with one attached hydrogen (secondary N) is 1. The lowest BCUT2D eigenvalue weighted by atomic mass is 10.2. The Hall–Kier alpha value is -1.44. The Labute approximate surface area is 133 Å². The van der Waals surface area contributed by atoms with Crippen LogP contribution in [0.5, 0.6) is 0 Å². The second kappa shape index (κ2) is 8.87. The van der Waals surface area contributed by atoms with Crippen molar-refractivity contribution in [2.24, 2.45) is 0 Å². The summed E-state index contributed by atoms with van der Waals surface area (Å²) >= 11 is 0. The summed E-state index contributed by atoms with van der Waals surface area (Å²) in [6.07, 6.45) is 0.143. The van der Waals surface area contributed by atoms with Crippen LogP contribution in [0.4, 0.5) is 0 Å². The maximum absolute atomic E-state index is 12.0. The molecule has 22 heavy (non-hydrogen) atoms. The molecule has 0 bridgehead atoms. The van der Waals surface area contributed by atoms with E-state index in [9.17, 15) is 13.2 Å². The first-order valence-corrected chi connectivity index (χ1v) is 8.87. The van der Waals surface area contributed by atoms with E-state index < -0.39 is 10.2 Å². The highest BCUT2D eigenvalue weighted by atomic mass is 32.2. The average molecular weight is 327 g/mol. The number of benzene rings is 1. The minimum Gasteiger partial charge on any atom is -0.341 e. The molecule has 0 aliphatic heterocycles. The van der Waals surface area contributed by atoms with Crippen LogP contribution in [0.3, 0.4) is 0 Å². The van der Waals surface area contributed by atoms with Gasteiger partial charge in [0.05, 0.1) is 0 Å². The van der Waals surface area contributed by atoms with Crippen LogP contribution in [0, 0.1) is 0 Å². The van der Waals surface area contributed by atoms with Gasteiger partial charge in [-0.05, 0) is 5.56 Å². The van der Waals surface area contributed by atoms with Gasteiger partial charge in [0.15, 0.2) is 0 Å².